The first-order valence-electron chi connectivity index (χ1n) is 4.23. The molecule has 86 valence electrons. The number of carbonyl (C=O) groups is 3. The van der Waals surface area contributed by atoms with E-state index in [0.29, 0.717) is 13.2 Å². The highest BCUT2D eigenvalue weighted by Crippen LogP contribution is 1.84. The molecule has 0 saturated heterocycles. The molecular weight excluding hydrogens is 204 g/mol. The van der Waals surface area contributed by atoms with Crippen molar-refractivity contribution in [1.82, 2.24) is 10.2 Å². The van der Waals surface area contributed by atoms with Crippen molar-refractivity contribution in [3.63, 3.8) is 0 Å². The van der Waals surface area contributed by atoms with Gasteiger partial charge in [-0.15, -0.1) is 0 Å². The Hall–Kier alpha value is -1.63. The van der Waals surface area contributed by atoms with E-state index in [0.717, 1.165) is 4.90 Å². The summed E-state index contributed by atoms with van der Waals surface area (Å²) in [6, 6.07) is 0. The van der Waals surface area contributed by atoms with Crippen molar-refractivity contribution in [1.29, 1.82) is 0 Å². The van der Waals surface area contributed by atoms with Crippen LogP contribution in [0.4, 0.5) is 0 Å². The van der Waals surface area contributed by atoms with Crippen LogP contribution >= 0.6 is 0 Å². The summed E-state index contributed by atoms with van der Waals surface area (Å²) in [5.74, 6) is -3.12. The average molecular weight is 218 g/mol. The van der Waals surface area contributed by atoms with Gasteiger partial charge in [0.15, 0.2) is 0 Å². The topological polar surface area (TPSA) is 95.9 Å². The molecule has 0 aromatic rings. The van der Waals surface area contributed by atoms with Crippen molar-refractivity contribution in [2.45, 2.75) is 0 Å². The molecule has 0 aromatic heterocycles. The Morgan fingerprint density at radius 3 is 2.47 bits per heavy atom. The highest BCUT2D eigenvalue weighted by atomic mass is 16.5. The van der Waals surface area contributed by atoms with Crippen molar-refractivity contribution < 1.29 is 24.2 Å². The van der Waals surface area contributed by atoms with Gasteiger partial charge in [-0.1, -0.05) is 0 Å². The maximum Gasteiger partial charge on any atom is 0.394 e. The third-order valence-electron chi connectivity index (χ3n) is 1.54. The van der Waals surface area contributed by atoms with Gasteiger partial charge in [0.05, 0.1) is 13.2 Å². The summed E-state index contributed by atoms with van der Waals surface area (Å²) in [5.41, 5.74) is 0. The fourth-order valence-electron chi connectivity index (χ4n) is 0.799. The average Bonchev–Trinajstić information content (AvgIpc) is 2.16. The second kappa shape index (κ2) is 6.77. The van der Waals surface area contributed by atoms with E-state index in [-0.39, 0.29) is 6.54 Å². The van der Waals surface area contributed by atoms with Crippen LogP contribution in [0.1, 0.15) is 0 Å². The molecule has 0 aliphatic heterocycles. The number of ether oxygens (including phenoxy) is 1. The molecule has 7 nitrogen and oxygen atoms in total. The van der Waals surface area contributed by atoms with Gasteiger partial charge in [0.25, 0.3) is 0 Å². The Labute approximate surface area is 87.0 Å². The molecule has 0 aliphatic carbocycles. The minimum atomic E-state index is -1.58. The molecule has 0 heterocycles. The van der Waals surface area contributed by atoms with Crippen LogP contribution in [0.2, 0.25) is 0 Å². The van der Waals surface area contributed by atoms with E-state index in [2.05, 4.69) is 5.32 Å². The van der Waals surface area contributed by atoms with Crippen LogP contribution < -0.4 is 5.32 Å². The number of rotatable bonds is 5. The molecule has 0 rings (SSSR count). The Balaban J connectivity index is 3.86. The summed E-state index contributed by atoms with van der Waals surface area (Å²) >= 11 is 0. The standard InChI is InChI=1S/C8H14N2O5/c1-10(7(12)8(13)14)5-6(11)9-3-4-15-2/h3-5H2,1-2H3,(H,9,11)(H,13,14). The maximum absolute atomic E-state index is 11.1. The van der Waals surface area contributed by atoms with Gasteiger partial charge in [-0.25, -0.2) is 4.79 Å². The molecule has 2 amide bonds. The number of nitrogens with one attached hydrogen (secondary N) is 1. The molecule has 15 heavy (non-hydrogen) atoms. The van der Waals surface area contributed by atoms with Gasteiger partial charge >= 0.3 is 11.9 Å². The van der Waals surface area contributed by atoms with Gasteiger partial charge in [0.1, 0.15) is 0 Å². The lowest BCUT2D eigenvalue weighted by Gasteiger charge is -2.13. The monoisotopic (exact) mass is 218 g/mol. The number of carboxylic acids is 1. The van der Waals surface area contributed by atoms with E-state index in [4.69, 9.17) is 9.84 Å². The summed E-state index contributed by atoms with van der Waals surface area (Å²) in [6.45, 7) is 0.404. The fraction of sp³-hybridized carbons (Fsp3) is 0.625. The molecule has 0 unspecified atom stereocenters. The van der Waals surface area contributed by atoms with E-state index < -0.39 is 17.8 Å². The highest BCUT2D eigenvalue weighted by Gasteiger charge is 2.18. The predicted molar refractivity (Wildman–Crippen MR) is 50.2 cm³/mol. The minimum Gasteiger partial charge on any atom is -0.474 e. The van der Waals surface area contributed by atoms with Crippen molar-refractivity contribution >= 4 is 17.8 Å². The number of likely N-dealkylation sites (N-methyl/N-ethyl adjacent to an activating group) is 1. The molecule has 0 aromatic carbocycles. The maximum atomic E-state index is 11.1. The van der Waals surface area contributed by atoms with Gasteiger partial charge in [-0.2, -0.15) is 0 Å². The summed E-state index contributed by atoms with van der Waals surface area (Å²) < 4.78 is 4.69. The van der Waals surface area contributed by atoms with Crippen molar-refractivity contribution in [3.8, 4) is 0 Å². The lowest BCUT2D eigenvalue weighted by Crippen LogP contribution is -2.41. The van der Waals surface area contributed by atoms with Crippen LogP contribution in [0.15, 0.2) is 0 Å². The molecule has 0 aliphatic rings. The number of carboxylic acid groups (broad SMARTS) is 1. The quantitative estimate of drug-likeness (QED) is 0.423. The Morgan fingerprint density at radius 1 is 1.40 bits per heavy atom. The molecular formula is C8H14N2O5. The minimum absolute atomic E-state index is 0.283. The Bertz CT molecular complexity index is 253. The normalized spacial score (nSPS) is 9.47. The number of aliphatic carboxylic acids is 1. The van der Waals surface area contributed by atoms with Crippen molar-refractivity contribution in [2.24, 2.45) is 0 Å². The van der Waals surface area contributed by atoms with E-state index in [1.165, 1.54) is 14.2 Å². The highest BCUT2D eigenvalue weighted by molar-refractivity contribution is 6.31. The van der Waals surface area contributed by atoms with Crippen LogP contribution in [0, 0.1) is 0 Å². The number of hydrogen-bond donors (Lipinski definition) is 2. The predicted octanol–water partition coefficient (Wildman–Crippen LogP) is -1.71. The molecule has 0 atom stereocenters. The summed E-state index contributed by atoms with van der Waals surface area (Å²) in [7, 11) is 2.73. The molecule has 0 spiro atoms. The van der Waals surface area contributed by atoms with Gasteiger partial charge in [0, 0.05) is 20.7 Å². The Morgan fingerprint density at radius 2 is 2.00 bits per heavy atom. The Kier molecular flexibility index (Phi) is 6.03. The second-order valence-electron chi connectivity index (χ2n) is 2.81. The van der Waals surface area contributed by atoms with E-state index in [9.17, 15) is 14.4 Å². The first-order chi connectivity index (χ1) is 6.99. The summed E-state index contributed by atoms with van der Waals surface area (Å²) in [4.78, 5) is 33.0. The molecule has 0 bridgehead atoms. The lowest BCUT2D eigenvalue weighted by atomic mass is 10.4. The van der Waals surface area contributed by atoms with E-state index in [1.807, 2.05) is 0 Å². The summed E-state index contributed by atoms with van der Waals surface area (Å²) in [6.07, 6.45) is 0. The van der Waals surface area contributed by atoms with Crippen LogP contribution in [0.25, 0.3) is 0 Å². The van der Waals surface area contributed by atoms with Gasteiger partial charge < -0.3 is 20.1 Å². The number of nitrogens with zero attached hydrogens (tertiary/aromatic N) is 1. The molecule has 0 radical (unpaired) electrons. The SMILES string of the molecule is COCCNC(=O)CN(C)C(=O)C(=O)O. The number of carbonyl (C=O) groups excluding carboxylic acids is 2. The second-order valence-corrected chi connectivity index (χ2v) is 2.81. The third kappa shape index (κ3) is 5.63. The zero-order valence-electron chi connectivity index (χ0n) is 8.65. The number of amides is 2. The largest absolute Gasteiger partial charge is 0.474 e. The molecule has 2 N–H and O–H groups in total. The van der Waals surface area contributed by atoms with E-state index >= 15 is 0 Å². The van der Waals surface area contributed by atoms with Crippen molar-refractivity contribution in [3.05, 3.63) is 0 Å². The van der Waals surface area contributed by atoms with Gasteiger partial charge in [0.2, 0.25) is 5.91 Å². The smallest absolute Gasteiger partial charge is 0.394 e. The number of hydrogen-bond acceptors (Lipinski definition) is 4. The molecule has 0 saturated carbocycles. The zero-order valence-corrected chi connectivity index (χ0v) is 8.65. The zero-order chi connectivity index (χ0) is 11.8. The van der Waals surface area contributed by atoms with Crippen LogP contribution in [-0.4, -0.2) is 61.6 Å². The number of methoxy groups -OCH3 is 1. The van der Waals surface area contributed by atoms with Crippen LogP contribution in [-0.2, 0) is 19.1 Å². The van der Waals surface area contributed by atoms with Crippen LogP contribution in [0.5, 0.6) is 0 Å². The van der Waals surface area contributed by atoms with Gasteiger partial charge in [-0.3, -0.25) is 9.59 Å². The molecule has 0 fully saturated rings. The summed E-state index contributed by atoms with van der Waals surface area (Å²) in [5, 5.41) is 10.8. The first-order valence-corrected chi connectivity index (χ1v) is 4.23. The van der Waals surface area contributed by atoms with Crippen molar-refractivity contribution in [2.75, 3.05) is 33.9 Å². The third-order valence-corrected chi connectivity index (χ3v) is 1.54. The fourth-order valence-corrected chi connectivity index (χ4v) is 0.799. The molecule has 7 heteroatoms. The first kappa shape index (κ1) is 13.4. The lowest BCUT2D eigenvalue weighted by molar-refractivity contribution is -0.155. The van der Waals surface area contributed by atoms with Crippen LogP contribution in [0.3, 0.4) is 0 Å². The van der Waals surface area contributed by atoms with Gasteiger partial charge in [-0.05, 0) is 0 Å². The van der Waals surface area contributed by atoms with E-state index in [1.54, 1.807) is 0 Å².